The van der Waals surface area contributed by atoms with Crippen molar-refractivity contribution in [3.8, 4) is 0 Å². The van der Waals surface area contributed by atoms with Crippen LogP contribution in [0.2, 0.25) is 0 Å². The van der Waals surface area contributed by atoms with E-state index in [2.05, 4.69) is 64.1 Å². The number of rotatable bonds is 3. The lowest BCUT2D eigenvalue weighted by Crippen LogP contribution is -2.10. The fourth-order valence-electron chi connectivity index (χ4n) is 2.67. The molecule has 0 unspecified atom stereocenters. The predicted molar refractivity (Wildman–Crippen MR) is 79.6 cm³/mol. The molecule has 1 aromatic rings. The average molecular weight is 240 g/mol. The molecule has 18 heavy (non-hydrogen) atoms. The molecule has 0 saturated carbocycles. The van der Waals surface area contributed by atoms with Gasteiger partial charge in [-0.3, -0.25) is 0 Å². The molecule has 0 aromatic heterocycles. The van der Waals surface area contributed by atoms with Crippen molar-refractivity contribution in [2.24, 2.45) is 5.41 Å². The normalized spacial score (nSPS) is 16.1. The Morgan fingerprint density at radius 3 is 2.28 bits per heavy atom. The lowest BCUT2D eigenvalue weighted by atomic mass is 9.82. The maximum absolute atomic E-state index is 2.44. The van der Waals surface area contributed by atoms with Gasteiger partial charge in [-0.2, -0.15) is 0 Å². The fraction of sp³-hybridized carbons (Fsp3) is 0.444. The first kappa shape index (κ1) is 13.1. The number of allylic oxidation sites excluding steroid dienone is 4. The highest BCUT2D eigenvalue weighted by Crippen LogP contribution is 2.40. The van der Waals surface area contributed by atoms with Gasteiger partial charge in [0.05, 0.1) is 0 Å². The van der Waals surface area contributed by atoms with Gasteiger partial charge in [0.2, 0.25) is 0 Å². The van der Waals surface area contributed by atoms with Crippen LogP contribution < -0.4 is 0 Å². The summed E-state index contributed by atoms with van der Waals surface area (Å²) in [7, 11) is 0. The number of hydrogen-bond donors (Lipinski definition) is 0. The van der Waals surface area contributed by atoms with Crippen molar-refractivity contribution in [2.45, 2.75) is 47.0 Å². The summed E-state index contributed by atoms with van der Waals surface area (Å²) < 4.78 is 0. The minimum absolute atomic E-state index is 0.289. The predicted octanol–water partition coefficient (Wildman–Crippen LogP) is 5.31. The smallest absolute Gasteiger partial charge is 0.00259 e. The van der Waals surface area contributed by atoms with E-state index in [1.54, 1.807) is 16.7 Å². The lowest BCUT2D eigenvalue weighted by Gasteiger charge is -2.23. The summed E-state index contributed by atoms with van der Waals surface area (Å²) in [5.74, 6) is 0. The Balaban J connectivity index is 2.28. The third kappa shape index (κ3) is 2.93. The first-order valence-electron chi connectivity index (χ1n) is 6.96. The van der Waals surface area contributed by atoms with Crippen molar-refractivity contribution in [1.82, 2.24) is 0 Å². The molecule has 1 aliphatic carbocycles. The van der Waals surface area contributed by atoms with Crippen molar-refractivity contribution in [2.75, 3.05) is 0 Å². The van der Waals surface area contributed by atoms with Crippen LogP contribution in [0.25, 0.3) is 0 Å². The summed E-state index contributed by atoms with van der Waals surface area (Å²) in [4.78, 5) is 0. The molecule has 96 valence electrons. The summed E-state index contributed by atoms with van der Waals surface area (Å²) in [6.45, 7) is 9.26. The van der Waals surface area contributed by atoms with Gasteiger partial charge >= 0.3 is 0 Å². The van der Waals surface area contributed by atoms with Crippen molar-refractivity contribution >= 4 is 0 Å². The zero-order valence-corrected chi connectivity index (χ0v) is 12.1. The molecule has 0 heteroatoms. The Bertz CT molecular complexity index is 467. The summed E-state index contributed by atoms with van der Waals surface area (Å²) in [5.41, 5.74) is 6.47. The van der Waals surface area contributed by atoms with Crippen molar-refractivity contribution in [3.63, 3.8) is 0 Å². The van der Waals surface area contributed by atoms with Crippen molar-refractivity contribution in [3.05, 3.63) is 58.7 Å². The van der Waals surface area contributed by atoms with Crippen LogP contribution in [0.5, 0.6) is 0 Å². The maximum atomic E-state index is 2.44. The Morgan fingerprint density at radius 1 is 1.06 bits per heavy atom. The van der Waals surface area contributed by atoms with E-state index in [9.17, 15) is 0 Å². The van der Waals surface area contributed by atoms with E-state index in [1.807, 2.05) is 0 Å². The third-order valence-corrected chi connectivity index (χ3v) is 3.77. The van der Waals surface area contributed by atoms with Gasteiger partial charge in [0, 0.05) is 0 Å². The third-order valence-electron chi connectivity index (χ3n) is 3.77. The highest BCUT2D eigenvalue weighted by Gasteiger charge is 2.25. The van der Waals surface area contributed by atoms with E-state index in [4.69, 9.17) is 0 Å². The van der Waals surface area contributed by atoms with Crippen LogP contribution >= 0.6 is 0 Å². The topological polar surface area (TPSA) is 0 Å². The van der Waals surface area contributed by atoms with Gasteiger partial charge in [-0.25, -0.2) is 0 Å². The number of hydrogen-bond acceptors (Lipinski definition) is 0. The first-order chi connectivity index (χ1) is 8.50. The SMILES string of the molecule is CCC1=CC(Cc2ccccc2)=C(C(C)(C)C)C1. The second-order valence-electron chi connectivity index (χ2n) is 6.25. The first-order valence-corrected chi connectivity index (χ1v) is 6.96. The molecular formula is C18H24. The molecule has 0 aliphatic heterocycles. The van der Waals surface area contributed by atoms with Crippen LogP contribution in [0.15, 0.2) is 53.1 Å². The molecule has 0 fully saturated rings. The minimum atomic E-state index is 0.289. The average Bonchev–Trinajstić information content (AvgIpc) is 2.73. The maximum Gasteiger partial charge on any atom is -0.00259 e. The Labute approximate surface area is 111 Å². The summed E-state index contributed by atoms with van der Waals surface area (Å²) in [5, 5.41) is 0. The fourth-order valence-corrected chi connectivity index (χ4v) is 2.67. The molecular weight excluding hydrogens is 216 g/mol. The molecule has 0 saturated heterocycles. The van der Waals surface area contributed by atoms with Crippen LogP contribution in [-0.4, -0.2) is 0 Å². The van der Waals surface area contributed by atoms with Crippen LogP contribution in [0.1, 0.15) is 46.1 Å². The van der Waals surface area contributed by atoms with E-state index in [0.29, 0.717) is 0 Å². The Kier molecular flexibility index (Phi) is 3.75. The Morgan fingerprint density at radius 2 is 1.72 bits per heavy atom. The second kappa shape index (κ2) is 5.14. The van der Waals surface area contributed by atoms with Gasteiger partial charge in [0.15, 0.2) is 0 Å². The van der Waals surface area contributed by atoms with Crippen LogP contribution in [0.3, 0.4) is 0 Å². The van der Waals surface area contributed by atoms with Gasteiger partial charge in [-0.1, -0.05) is 75.2 Å². The number of benzene rings is 1. The monoisotopic (exact) mass is 240 g/mol. The molecule has 0 atom stereocenters. The Hall–Kier alpha value is -1.30. The minimum Gasteiger partial charge on any atom is -0.0661 e. The molecule has 0 amide bonds. The van der Waals surface area contributed by atoms with Crippen LogP contribution in [-0.2, 0) is 6.42 Å². The molecule has 2 rings (SSSR count). The van der Waals surface area contributed by atoms with Gasteiger partial charge in [-0.15, -0.1) is 0 Å². The second-order valence-corrected chi connectivity index (χ2v) is 6.25. The van der Waals surface area contributed by atoms with E-state index in [0.717, 1.165) is 6.42 Å². The van der Waals surface area contributed by atoms with Gasteiger partial charge < -0.3 is 0 Å². The summed E-state index contributed by atoms with van der Waals surface area (Å²) in [6.07, 6.45) is 5.88. The highest BCUT2D eigenvalue weighted by molar-refractivity contribution is 5.44. The summed E-state index contributed by atoms with van der Waals surface area (Å²) >= 11 is 0. The van der Waals surface area contributed by atoms with Gasteiger partial charge in [-0.05, 0) is 35.8 Å². The lowest BCUT2D eigenvalue weighted by molar-refractivity contribution is 0.489. The molecule has 1 aliphatic rings. The highest BCUT2D eigenvalue weighted by atomic mass is 14.3. The zero-order valence-electron chi connectivity index (χ0n) is 12.1. The van der Waals surface area contributed by atoms with Crippen LogP contribution in [0.4, 0.5) is 0 Å². The molecule has 0 heterocycles. The molecule has 0 bridgehead atoms. The molecule has 0 spiro atoms. The van der Waals surface area contributed by atoms with Gasteiger partial charge in [0.25, 0.3) is 0 Å². The van der Waals surface area contributed by atoms with Gasteiger partial charge in [0.1, 0.15) is 0 Å². The quantitative estimate of drug-likeness (QED) is 0.671. The van der Waals surface area contributed by atoms with E-state index >= 15 is 0 Å². The van der Waals surface area contributed by atoms with E-state index < -0.39 is 0 Å². The van der Waals surface area contributed by atoms with E-state index in [-0.39, 0.29) is 5.41 Å². The zero-order chi connectivity index (χ0) is 13.2. The molecule has 1 aromatic carbocycles. The van der Waals surface area contributed by atoms with Crippen molar-refractivity contribution < 1.29 is 0 Å². The molecule has 0 N–H and O–H groups in total. The van der Waals surface area contributed by atoms with Crippen LogP contribution in [0, 0.1) is 5.41 Å². The molecule has 0 nitrogen and oxygen atoms in total. The largest absolute Gasteiger partial charge is 0.0661 e. The standard InChI is InChI=1S/C18H24/c1-5-14-11-16(17(13-14)18(2,3)4)12-15-9-7-6-8-10-15/h6-11H,5,12-13H2,1-4H3. The molecule has 0 radical (unpaired) electrons. The van der Waals surface area contributed by atoms with Crippen molar-refractivity contribution in [1.29, 1.82) is 0 Å². The summed E-state index contributed by atoms with van der Waals surface area (Å²) in [6, 6.07) is 10.8. The van der Waals surface area contributed by atoms with E-state index in [1.165, 1.54) is 18.4 Å².